The molecule has 2 heteroatoms. The predicted molar refractivity (Wildman–Crippen MR) is 221 cm³/mol. The molecular formula is C50H34N2. The van der Waals surface area contributed by atoms with E-state index in [2.05, 4.69) is 216 Å². The number of nitrogens with zero attached hydrogens (tertiary/aromatic N) is 2. The Hall–Kier alpha value is -6.90. The van der Waals surface area contributed by atoms with Gasteiger partial charge in [-0.2, -0.15) is 0 Å². The molecule has 1 heterocycles. The van der Waals surface area contributed by atoms with Crippen LogP contribution >= 0.6 is 0 Å². The van der Waals surface area contributed by atoms with E-state index in [1.807, 2.05) is 0 Å². The van der Waals surface area contributed by atoms with E-state index >= 15 is 0 Å². The molecule has 1 aromatic heterocycles. The summed E-state index contributed by atoms with van der Waals surface area (Å²) in [6.07, 6.45) is 0. The van der Waals surface area contributed by atoms with Crippen LogP contribution in [0.2, 0.25) is 0 Å². The first-order valence-corrected chi connectivity index (χ1v) is 17.9. The smallest absolute Gasteiger partial charge is 0.0562 e. The molecule has 10 rings (SSSR count). The molecule has 0 aliphatic carbocycles. The van der Waals surface area contributed by atoms with Crippen LogP contribution in [0.3, 0.4) is 0 Å². The van der Waals surface area contributed by atoms with Crippen LogP contribution in [0.4, 0.5) is 17.1 Å². The van der Waals surface area contributed by atoms with E-state index in [0.717, 1.165) is 22.7 Å². The first-order valence-electron chi connectivity index (χ1n) is 17.9. The maximum atomic E-state index is 2.51. The molecule has 0 amide bonds. The molecule has 0 N–H and O–H groups in total. The second kappa shape index (κ2) is 12.5. The van der Waals surface area contributed by atoms with Crippen molar-refractivity contribution in [3.8, 4) is 27.9 Å². The zero-order valence-corrected chi connectivity index (χ0v) is 28.5. The van der Waals surface area contributed by atoms with Crippen molar-refractivity contribution in [1.82, 2.24) is 4.57 Å². The fraction of sp³-hybridized carbons (Fsp3) is 0. The molecule has 0 unspecified atom stereocenters. The van der Waals surface area contributed by atoms with Gasteiger partial charge in [0.1, 0.15) is 0 Å². The molecule has 244 valence electrons. The average molecular weight is 663 g/mol. The van der Waals surface area contributed by atoms with Crippen molar-refractivity contribution in [2.75, 3.05) is 4.90 Å². The molecule has 0 bridgehead atoms. The largest absolute Gasteiger partial charge is 0.309 e. The second-order valence-corrected chi connectivity index (χ2v) is 13.3. The first kappa shape index (κ1) is 30.0. The van der Waals surface area contributed by atoms with Crippen molar-refractivity contribution in [2.45, 2.75) is 0 Å². The molecule has 0 fully saturated rings. The number of benzene rings is 9. The predicted octanol–water partition coefficient (Wildman–Crippen LogP) is 13.9. The molecule has 0 saturated carbocycles. The zero-order chi connectivity index (χ0) is 34.4. The van der Waals surface area contributed by atoms with Crippen LogP contribution in [0.1, 0.15) is 0 Å². The van der Waals surface area contributed by atoms with Crippen LogP contribution < -0.4 is 4.90 Å². The Morgan fingerprint density at radius 2 is 0.865 bits per heavy atom. The topological polar surface area (TPSA) is 8.17 Å². The Bertz CT molecular complexity index is 2900. The highest BCUT2D eigenvalue weighted by atomic mass is 15.2. The maximum absolute atomic E-state index is 2.51. The molecule has 0 aliphatic rings. The summed E-state index contributed by atoms with van der Waals surface area (Å²) < 4.78 is 2.40. The molecule has 52 heavy (non-hydrogen) atoms. The van der Waals surface area contributed by atoms with Crippen molar-refractivity contribution < 1.29 is 0 Å². The Morgan fingerprint density at radius 3 is 1.65 bits per heavy atom. The Balaban J connectivity index is 1.33. The van der Waals surface area contributed by atoms with Gasteiger partial charge in [-0.15, -0.1) is 0 Å². The molecule has 2 nitrogen and oxygen atoms in total. The van der Waals surface area contributed by atoms with Crippen molar-refractivity contribution in [2.24, 2.45) is 0 Å². The summed E-state index contributed by atoms with van der Waals surface area (Å²) in [6.45, 7) is 0. The SMILES string of the molecule is c1ccc(-c2ccccc2N(c2ccccc2-c2cc3ccccc3c3ccccc23)c2cccc3c2c2ccccc2n3-c2ccccc2)cc1. The average Bonchev–Trinajstić information content (AvgIpc) is 3.57. The summed E-state index contributed by atoms with van der Waals surface area (Å²) in [5, 5.41) is 7.42. The summed E-state index contributed by atoms with van der Waals surface area (Å²) in [6, 6.07) is 74.7. The molecule has 0 saturated heterocycles. The van der Waals surface area contributed by atoms with Gasteiger partial charge in [0, 0.05) is 27.6 Å². The van der Waals surface area contributed by atoms with Crippen molar-refractivity contribution in [1.29, 1.82) is 0 Å². The first-order chi connectivity index (χ1) is 25.8. The lowest BCUT2D eigenvalue weighted by Gasteiger charge is -2.31. The summed E-state index contributed by atoms with van der Waals surface area (Å²) in [5.74, 6) is 0. The highest BCUT2D eigenvalue weighted by Gasteiger charge is 2.25. The van der Waals surface area contributed by atoms with Gasteiger partial charge < -0.3 is 9.47 Å². The third kappa shape index (κ3) is 4.80. The standard InChI is InChI=1S/C50H34N2/c1-3-18-35(19-4-1)39-24-11-14-29-45(39)52(49-33-17-32-48-50(49)43-28-13-16-31-47(43)51(48)37-21-5-2-6-22-37)46-30-15-12-27-42(46)44-34-36-20-7-8-23-38(36)40-25-9-10-26-41(40)44/h1-34H. The highest BCUT2D eigenvalue weighted by Crippen LogP contribution is 2.49. The van der Waals surface area contributed by atoms with E-state index in [-0.39, 0.29) is 0 Å². The lowest BCUT2D eigenvalue weighted by atomic mass is 9.91. The minimum absolute atomic E-state index is 1.12. The Kier molecular flexibility index (Phi) is 7.18. The quantitative estimate of drug-likeness (QED) is 0.161. The minimum Gasteiger partial charge on any atom is -0.309 e. The van der Waals surface area contributed by atoms with Crippen LogP contribution in [0, 0.1) is 0 Å². The second-order valence-electron chi connectivity index (χ2n) is 13.3. The van der Waals surface area contributed by atoms with Crippen LogP contribution in [-0.2, 0) is 0 Å². The van der Waals surface area contributed by atoms with Gasteiger partial charge >= 0.3 is 0 Å². The van der Waals surface area contributed by atoms with Gasteiger partial charge in [0.25, 0.3) is 0 Å². The van der Waals surface area contributed by atoms with Crippen molar-refractivity contribution in [3.05, 3.63) is 206 Å². The van der Waals surface area contributed by atoms with Gasteiger partial charge in [0.05, 0.1) is 28.1 Å². The van der Waals surface area contributed by atoms with Gasteiger partial charge in [0.15, 0.2) is 0 Å². The van der Waals surface area contributed by atoms with Crippen molar-refractivity contribution in [3.63, 3.8) is 0 Å². The van der Waals surface area contributed by atoms with Gasteiger partial charge in [0.2, 0.25) is 0 Å². The minimum atomic E-state index is 1.12. The number of hydrogen-bond acceptors (Lipinski definition) is 1. The van der Waals surface area contributed by atoms with E-state index in [4.69, 9.17) is 0 Å². The monoisotopic (exact) mass is 662 g/mol. The van der Waals surface area contributed by atoms with Gasteiger partial charge in [-0.05, 0) is 81.2 Å². The van der Waals surface area contributed by atoms with Crippen molar-refractivity contribution >= 4 is 60.4 Å². The number of hydrogen-bond donors (Lipinski definition) is 0. The summed E-state index contributed by atoms with van der Waals surface area (Å²) in [7, 11) is 0. The lowest BCUT2D eigenvalue weighted by molar-refractivity contribution is 1.18. The molecular weight excluding hydrogens is 629 g/mol. The number of para-hydroxylation sites is 4. The highest BCUT2D eigenvalue weighted by molar-refractivity contribution is 6.19. The van der Waals surface area contributed by atoms with Gasteiger partial charge in [-0.25, -0.2) is 0 Å². The molecule has 0 spiro atoms. The fourth-order valence-corrected chi connectivity index (χ4v) is 8.14. The van der Waals surface area contributed by atoms with Crippen LogP contribution in [0.5, 0.6) is 0 Å². The van der Waals surface area contributed by atoms with E-state index in [1.165, 1.54) is 65.6 Å². The van der Waals surface area contributed by atoms with E-state index in [9.17, 15) is 0 Å². The molecule has 0 atom stereocenters. The molecule has 0 aliphatic heterocycles. The number of rotatable bonds is 6. The fourth-order valence-electron chi connectivity index (χ4n) is 8.14. The van der Waals surface area contributed by atoms with E-state index in [0.29, 0.717) is 0 Å². The summed E-state index contributed by atoms with van der Waals surface area (Å²) in [4.78, 5) is 2.51. The lowest BCUT2D eigenvalue weighted by Crippen LogP contribution is -2.13. The van der Waals surface area contributed by atoms with E-state index < -0.39 is 0 Å². The molecule has 9 aromatic carbocycles. The summed E-state index contributed by atoms with van der Waals surface area (Å²) in [5.41, 5.74) is 11.6. The van der Waals surface area contributed by atoms with Gasteiger partial charge in [-0.3, -0.25) is 0 Å². The maximum Gasteiger partial charge on any atom is 0.0562 e. The third-order valence-electron chi connectivity index (χ3n) is 10.4. The Labute approximate surface area is 303 Å². The number of anilines is 3. The normalized spacial score (nSPS) is 11.5. The molecule has 10 aromatic rings. The van der Waals surface area contributed by atoms with Crippen LogP contribution in [0.15, 0.2) is 206 Å². The summed E-state index contributed by atoms with van der Waals surface area (Å²) >= 11 is 0. The Morgan fingerprint density at radius 1 is 0.327 bits per heavy atom. The van der Waals surface area contributed by atoms with Gasteiger partial charge in [-0.1, -0.05) is 158 Å². The third-order valence-corrected chi connectivity index (χ3v) is 10.4. The number of aromatic nitrogens is 1. The zero-order valence-electron chi connectivity index (χ0n) is 28.5. The van der Waals surface area contributed by atoms with Crippen LogP contribution in [-0.4, -0.2) is 4.57 Å². The molecule has 0 radical (unpaired) electrons. The van der Waals surface area contributed by atoms with E-state index in [1.54, 1.807) is 0 Å². The number of fused-ring (bicyclic) bond motifs is 6. The van der Waals surface area contributed by atoms with Crippen LogP contribution in [0.25, 0.3) is 71.3 Å².